The third-order valence-electron chi connectivity index (χ3n) is 4.47. The first-order valence-corrected chi connectivity index (χ1v) is 8.26. The molecule has 6 nitrogen and oxygen atoms in total. The van der Waals surface area contributed by atoms with Crippen LogP contribution in [0.2, 0.25) is 0 Å². The molecule has 0 atom stereocenters. The molecule has 0 amide bonds. The molecule has 0 aromatic heterocycles. The van der Waals surface area contributed by atoms with Gasteiger partial charge < -0.3 is 28.8 Å². The molecule has 0 bridgehead atoms. The predicted molar refractivity (Wildman–Crippen MR) is 104 cm³/mol. The third-order valence-corrected chi connectivity index (χ3v) is 4.47. The van der Waals surface area contributed by atoms with Crippen LogP contribution in [-0.2, 0) is 0 Å². The normalized spacial score (nSPS) is 10.6. The van der Waals surface area contributed by atoms with Crippen LogP contribution in [0.25, 0.3) is 21.9 Å². The highest BCUT2D eigenvalue weighted by Gasteiger charge is 2.19. The van der Waals surface area contributed by atoms with Gasteiger partial charge in [-0.1, -0.05) is 6.07 Å². The van der Waals surface area contributed by atoms with Crippen LogP contribution >= 0.6 is 0 Å². The van der Waals surface area contributed by atoms with Gasteiger partial charge in [-0.15, -0.1) is 0 Å². The van der Waals surface area contributed by atoms with Crippen molar-refractivity contribution in [1.82, 2.24) is 0 Å². The molecule has 142 valence electrons. The second kappa shape index (κ2) is 7.53. The van der Waals surface area contributed by atoms with Crippen molar-refractivity contribution in [1.29, 1.82) is 0 Å². The smallest absolute Gasteiger partial charge is 0.161 e. The maximum Gasteiger partial charge on any atom is 0.161 e. The Hall–Kier alpha value is -3.28. The lowest BCUT2D eigenvalue weighted by Crippen LogP contribution is -1.95. The molecule has 0 saturated carbocycles. The van der Waals surface area contributed by atoms with Crippen LogP contribution in [-0.4, -0.2) is 40.7 Å². The number of hydrogen-bond acceptors (Lipinski definition) is 6. The number of aromatic hydroxyl groups is 1. The summed E-state index contributed by atoms with van der Waals surface area (Å²) in [6.07, 6.45) is 0. The van der Waals surface area contributed by atoms with Crippen LogP contribution in [0.5, 0.6) is 34.5 Å². The number of phenolic OH excluding ortho intramolecular Hbond substituents is 1. The SMILES string of the molecule is COc1ccc(-c2c(OC)cc3cc(OC)c(OC)cc3c2O)cc1OC. The molecular weight excluding hydrogens is 348 g/mol. The molecule has 1 N–H and O–H groups in total. The van der Waals surface area contributed by atoms with E-state index >= 15 is 0 Å². The second-order valence-electron chi connectivity index (χ2n) is 5.80. The molecule has 3 aromatic rings. The van der Waals surface area contributed by atoms with Gasteiger partial charge in [-0.2, -0.15) is 0 Å². The molecular formula is C21H22O6. The fraction of sp³-hybridized carbons (Fsp3) is 0.238. The number of fused-ring (bicyclic) bond motifs is 1. The van der Waals surface area contributed by atoms with E-state index in [0.717, 1.165) is 10.9 Å². The van der Waals surface area contributed by atoms with Crippen molar-refractivity contribution in [3.63, 3.8) is 0 Å². The number of methoxy groups -OCH3 is 5. The maximum atomic E-state index is 11.0. The summed E-state index contributed by atoms with van der Waals surface area (Å²) in [6.45, 7) is 0. The van der Waals surface area contributed by atoms with Gasteiger partial charge in [-0.25, -0.2) is 0 Å². The quantitative estimate of drug-likeness (QED) is 0.700. The summed E-state index contributed by atoms with van der Waals surface area (Å²) in [6, 6.07) is 10.8. The highest BCUT2D eigenvalue weighted by Crippen LogP contribution is 2.47. The number of benzene rings is 3. The Bertz CT molecular complexity index is 980. The fourth-order valence-corrected chi connectivity index (χ4v) is 3.12. The van der Waals surface area contributed by atoms with Crippen molar-refractivity contribution in [3.05, 3.63) is 36.4 Å². The molecule has 0 radical (unpaired) electrons. The summed E-state index contributed by atoms with van der Waals surface area (Å²) < 4.78 is 26.9. The number of phenols is 1. The Kier molecular flexibility index (Phi) is 5.16. The van der Waals surface area contributed by atoms with Gasteiger partial charge in [-0.3, -0.25) is 0 Å². The first kappa shape index (κ1) is 18.5. The van der Waals surface area contributed by atoms with E-state index in [2.05, 4.69) is 0 Å². The van der Waals surface area contributed by atoms with Crippen LogP contribution in [0.3, 0.4) is 0 Å². The maximum absolute atomic E-state index is 11.0. The van der Waals surface area contributed by atoms with Gasteiger partial charge in [-0.05, 0) is 41.3 Å². The molecule has 27 heavy (non-hydrogen) atoms. The molecule has 3 aromatic carbocycles. The Labute approximate surface area is 157 Å². The molecule has 0 aliphatic carbocycles. The van der Waals surface area contributed by atoms with E-state index in [4.69, 9.17) is 23.7 Å². The van der Waals surface area contributed by atoms with Crippen LogP contribution < -0.4 is 23.7 Å². The monoisotopic (exact) mass is 370 g/mol. The van der Waals surface area contributed by atoms with Crippen molar-refractivity contribution in [2.45, 2.75) is 0 Å². The first-order chi connectivity index (χ1) is 13.1. The van der Waals surface area contributed by atoms with Crippen LogP contribution in [0.1, 0.15) is 0 Å². The second-order valence-corrected chi connectivity index (χ2v) is 5.80. The van der Waals surface area contributed by atoms with E-state index in [1.165, 1.54) is 0 Å². The van der Waals surface area contributed by atoms with E-state index in [1.54, 1.807) is 59.8 Å². The van der Waals surface area contributed by atoms with E-state index in [9.17, 15) is 5.11 Å². The molecule has 0 aliphatic heterocycles. The van der Waals surface area contributed by atoms with Crippen LogP contribution in [0.15, 0.2) is 36.4 Å². The van der Waals surface area contributed by atoms with Crippen LogP contribution in [0.4, 0.5) is 0 Å². The zero-order valence-electron chi connectivity index (χ0n) is 16.0. The topological polar surface area (TPSA) is 66.4 Å². The summed E-state index contributed by atoms with van der Waals surface area (Å²) >= 11 is 0. The average molecular weight is 370 g/mol. The fourth-order valence-electron chi connectivity index (χ4n) is 3.12. The third kappa shape index (κ3) is 3.14. The van der Waals surface area contributed by atoms with E-state index in [0.29, 0.717) is 39.7 Å². The molecule has 0 aliphatic rings. The summed E-state index contributed by atoms with van der Waals surface area (Å²) in [4.78, 5) is 0. The lowest BCUT2D eigenvalue weighted by molar-refractivity contribution is 0.355. The molecule has 0 spiro atoms. The number of ether oxygens (including phenoxy) is 5. The van der Waals surface area contributed by atoms with Gasteiger partial charge in [0.25, 0.3) is 0 Å². The standard InChI is InChI=1S/C21H22O6/c1-23-15-7-6-12(8-16(15)24-2)20-19(27-5)10-13-9-17(25-3)18(26-4)11-14(13)21(20)22/h6-11,22H,1-5H3. The first-order valence-electron chi connectivity index (χ1n) is 8.26. The molecule has 3 rings (SSSR count). The zero-order chi connectivity index (χ0) is 19.6. The summed E-state index contributed by atoms with van der Waals surface area (Å²) in [5, 5.41) is 12.4. The highest BCUT2D eigenvalue weighted by molar-refractivity contribution is 5.99. The van der Waals surface area contributed by atoms with Gasteiger partial charge >= 0.3 is 0 Å². The number of hydrogen-bond donors (Lipinski definition) is 1. The highest BCUT2D eigenvalue weighted by atomic mass is 16.5. The summed E-state index contributed by atoms with van der Waals surface area (Å²) in [5.74, 6) is 2.88. The lowest BCUT2D eigenvalue weighted by atomic mass is 9.97. The predicted octanol–water partition coefficient (Wildman–Crippen LogP) is 4.26. The van der Waals surface area contributed by atoms with Gasteiger partial charge in [0.1, 0.15) is 11.5 Å². The zero-order valence-corrected chi connectivity index (χ0v) is 16.0. The van der Waals surface area contributed by atoms with Gasteiger partial charge in [0.2, 0.25) is 0 Å². The van der Waals surface area contributed by atoms with Crippen LogP contribution in [0, 0.1) is 0 Å². The van der Waals surface area contributed by atoms with Crippen molar-refractivity contribution < 1.29 is 28.8 Å². The average Bonchev–Trinajstić information content (AvgIpc) is 2.72. The van der Waals surface area contributed by atoms with Gasteiger partial charge in [0, 0.05) is 5.39 Å². The van der Waals surface area contributed by atoms with Crippen molar-refractivity contribution in [2.75, 3.05) is 35.5 Å². The minimum absolute atomic E-state index is 0.0810. The Morgan fingerprint density at radius 3 is 1.70 bits per heavy atom. The van der Waals surface area contributed by atoms with E-state index in [1.807, 2.05) is 12.1 Å². The van der Waals surface area contributed by atoms with E-state index < -0.39 is 0 Å². The summed E-state index contributed by atoms with van der Waals surface area (Å²) in [5.41, 5.74) is 1.29. The van der Waals surface area contributed by atoms with Crippen molar-refractivity contribution in [2.24, 2.45) is 0 Å². The molecule has 0 saturated heterocycles. The molecule has 0 fully saturated rings. The van der Waals surface area contributed by atoms with Crippen molar-refractivity contribution in [3.8, 4) is 45.6 Å². The van der Waals surface area contributed by atoms with Gasteiger partial charge in [0.05, 0.1) is 41.1 Å². The minimum Gasteiger partial charge on any atom is -0.507 e. The lowest BCUT2D eigenvalue weighted by Gasteiger charge is -2.17. The van der Waals surface area contributed by atoms with Crippen molar-refractivity contribution >= 4 is 10.8 Å². The largest absolute Gasteiger partial charge is 0.507 e. The molecule has 0 heterocycles. The Morgan fingerprint density at radius 1 is 0.593 bits per heavy atom. The Balaban J connectivity index is 2.31. The molecule has 6 heteroatoms. The Morgan fingerprint density at radius 2 is 1.11 bits per heavy atom. The number of rotatable bonds is 6. The van der Waals surface area contributed by atoms with E-state index in [-0.39, 0.29) is 5.75 Å². The van der Waals surface area contributed by atoms with Gasteiger partial charge in [0.15, 0.2) is 23.0 Å². The minimum atomic E-state index is 0.0810. The molecule has 0 unspecified atom stereocenters. The summed E-state index contributed by atoms with van der Waals surface area (Å²) in [7, 11) is 7.82.